The normalized spacial score (nSPS) is 10.6. The van der Waals surface area contributed by atoms with Crippen LogP contribution in [-0.2, 0) is 11.3 Å². The summed E-state index contributed by atoms with van der Waals surface area (Å²) in [6.07, 6.45) is 1.000. The van der Waals surface area contributed by atoms with Crippen molar-refractivity contribution in [3.05, 3.63) is 54.1 Å². The highest BCUT2D eigenvalue weighted by Gasteiger charge is 2.09. The minimum atomic E-state index is 0.324. The molecular weight excluding hydrogens is 366 g/mol. The second kappa shape index (κ2) is 9.61. The molecule has 29 heavy (non-hydrogen) atoms. The van der Waals surface area contributed by atoms with Gasteiger partial charge in [0.05, 0.1) is 24.2 Å². The molecule has 0 aliphatic carbocycles. The van der Waals surface area contributed by atoms with E-state index in [0.717, 1.165) is 29.2 Å². The van der Waals surface area contributed by atoms with Crippen molar-refractivity contribution < 1.29 is 4.84 Å². The van der Waals surface area contributed by atoms with Crippen molar-refractivity contribution in [2.24, 2.45) is 0 Å². The highest BCUT2D eigenvalue weighted by Crippen LogP contribution is 2.28. The lowest BCUT2D eigenvalue weighted by atomic mass is 10.1. The fourth-order valence-corrected chi connectivity index (χ4v) is 2.83. The predicted octanol–water partition coefficient (Wildman–Crippen LogP) is 3.37. The molecule has 0 aliphatic heterocycles. The first-order valence-electron chi connectivity index (χ1n) is 9.49. The van der Waals surface area contributed by atoms with Crippen LogP contribution in [0.5, 0.6) is 0 Å². The number of benzene rings is 1. The second-order valence-electron chi connectivity index (χ2n) is 6.47. The molecule has 152 valence electrons. The van der Waals surface area contributed by atoms with Crippen molar-refractivity contribution in [3.8, 4) is 11.3 Å². The average molecular weight is 393 g/mol. The summed E-state index contributed by atoms with van der Waals surface area (Å²) >= 11 is 0. The van der Waals surface area contributed by atoms with E-state index in [0.29, 0.717) is 30.4 Å². The Morgan fingerprint density at radius 2 is 1.52 bits per heavy atom. The van der Waals surface area contributed by atoms with Gasteiger partial charge in [0, 0.05) is 18.7 Å². The van der Waals surface area contributed by atoms with Crippen LogP contribution < -0.4 is 27.6 Å². The van der Waals surface area contributed by atoms with Crippen LogP contribution in [0, 0.1) is 0 Å². The summed E-state index contributed by atoms with van der Waals surface area (Å²) in [6, 6.07) is 15.8. The molecule has 0 radical (unpaired) electrons. The van der Waals surface area contributed by atoms with Crippen LogP contribution in [0.4, 0.5) is 28.8 Å². The summed E-state index contributed by atoms with van der Waals surface area (Å²) in [5.74, 6) is 1.78. The van der Waals surface area contributed by atoms with E-state index < -0.39 is 0 Å². The number of nitrogen functional groups attached to an aromatic ring is 2. The zero-order valence-electron chi connectivity index (χ0n) is 16.7. The Bertz CT molecular complexity index is 944. The van der Waals surface area contributed by atoms with Crippen LogP contribution in [0.2, 0.25) is 0 Å². The topological polar surface area (TPSA) is 123 Å². The third kappa shape index (κ3) is 5.26. The fourth-order valence-electron chi connectivity index (χ4n) is 2.83. The minimum absolute atomic E-state index is 0.324. The van der Waals surface area contributed by atoms with Gasteiger partial charge in [0.1, 0.15) is 17.5 Å². The maximum absolute atomic E-state index is 5.73. The molecule has 0 saturated heterocycles. The Hall–Kier alpha value is -3.52. The van der Waals surface area contributed by atoms with E-state index in [4.69, 9.17) is 21.3 Å². The molecule has 0 saturated carbocycles. The molecule has 8 nitrogen and oxygen atoms in total. The van der Waals surface area contributed by atoms with Gasteiger partial charge in [0.15, 0.2) is 0 Å². The maximum atomic E-state index is 5.73. The molecule has 2 aromatic heterocycles. The number of hydrogen-bond donors (Lipinski definition) is 5. The lowest BCUT2D eigenvalue weighted by molar-refractivity contribution is 0.271. The lowest BCUT2D eigenvalue weighted by Crippen LogP contribution is -2.15. The molecule has 1 aromatic carbocycles. The third-order valence-electron chi connectivity index (χ3n) is 4.44. The largest absolute Gasteiger partial charge is 0.396 e. The van der Waals surface area contributed by atoms with Crippen molar-refractivity contribution in [1.82, 2.24) is 9.97 Å². The molecule has 7 N–H and O–H groups in total. The first-order valence-corrected chi connectivity index (χ1v) is 9.49. The van der Waals surface area contributed by atoms with Gasteiger partial charge in [-0.3, -0.25) is 10.3 Å². The van der Waals surface area contributed by atoms with Crippen LogP contribution in [0.1, 0.15) is 12.5 Å². The van der Waals surface area contributed by atoms with Gasteiger partial charge in [-0.1, -0.05) is 31.2 Å². The molecule has 0 spiro atoms. The van der Waals surface area contributed by atoms with Crippen LogP contribution in [0.25, 0.3) is 11.3 Å². The maximum Gasteiger partial charge on any atom is 0.149 e. The SMILES string of the molecule is CCc1ccc(-c2nc(NCCNc3ccc(N)c(N)n3)ccc2NOC)cc1. The van der Waals surface area contributed by atoms with Crippen LogP contribution in [0.3, 0.4) is 0 Å². The molecule has 3 rings (SSSR count). The summed E-state index contributed by atoms with van der Waals surface area (Å²) < 4.78 is 0. The van der Waals surface area contributed by atoms with E-state index in [2.05, 4.69) is 52.3 Å². The zero-order chi connectivity index (χ0) is 20.6. The van der Waals surface area contributed by atoms with E-state index in [-0.39, 0.29) is 0 Å². The molecular formula is C21H27N7O. The van der Waals surface area contributed by atoms with Crippen LogP contribution >= 0.6 is 0 Å². The van der Waals surface area contributed by atoms with E-state index >= 15 is 0 Å². The lowest BCUT2D eigenvalue weighted by Gasteiger charge is -2.13. The van der Waals surface area contributed by atoms with E-state index in [9.17, 15) is 0 Å². The Morgan fingerprint density at radius 3 is 2.14 bits per heavy atom. The Kier molecular flexibility index (Phi) is 6.70. The summed E-state index contributed by atoms with van der Waals surface area (Å²) in [4.78, 5) is 14.0. The van der Waals surface area contributed by atoms with Crippen molar-refractivity contribution in [3.63, 3.8) is 0 Å². The molecule has 0 fully saturated rings. The van der Waals surface area contributed by atoms with Gasteiger partial charge < -0.3 is 22.1 Å². The zero-order valence-corrected chi connectivity index (χ0v) is 16.7. The molecule has 0 bridgehead atoms. The number of pyridine rings is 2. The standard InChI is InChI=1S/C21H27N7O/c1-3-14-4-6-15(7-5-14)20-17(28-29-2)9-11-18(26-20)24-12-13-25-19-10-8-16(22)21(23)27-19/h4-11,28H,3,12-13,22H2,1-2H3,(H,24,26)(H3,23,25,27). The Balaban J connectivity index is 1.66. The summed E-state index contributed by atoms with van der Waals surface area (Å²) in [5.41, 5.74) is 18.7. The van der Waals surface area contributed by atoms with Gasteiger partial charge in [0.2, 0.25) is 0 Å². The van der Waals surface area contributed by atoms with Crippen molar-refractivity contribution in [1.29, 1.82) is 0 Å². The molecule has 0 amide bonds. The van der Waals surface area contributed by atoms with Gasteiger partial charge in [-0.05, 0) is 36.2 Å². The van der Waals surface area contributed by atoms with E-state index in [1.807, 2.05) is 12.1 Å². The van der Waals surface area contributed by atoms with Crippen LogP contribution in [0.15, 0.2) is 48.5 Å². The molecule has 8 heteroatoms. The molecule has 3 aromatic rings. The number of rotatable bonds is 9. The highest BCUT2D eigenvalue weighted by atomic mass is 16.6. The Morgan fingerprint density at radius 1 is 0.862 bits per heavy atom. The van der Waals surface area contributed by atoms with Gasteiger partial charge >= 0.3 is 0 Å². The van der Waals surface area contributed by atoms with Gasteiger partial charge in [-0.25, -0.2) is 9.97 Å². The second-order valence-corrected chi connectivity index (χ2v) is 6.47. The number of nitrogens with one attached hydrogen (secondary N) is 3. The highest BCUT2D eigenvalue weighted by molar-refractivity contribution is 5.75. The number of nitrogens with two attached hydrogens (primary N) is 2. The van der Waals surface area contributed by atoms with Gasteiger partial charge in [-0.15, -0.1) is 0 Å². The number of anilines is 5. The number of nitrogens with zero attached hydrogens (tertiary/aromatic N) is 2. The molecule has 0 unspecified atom stereocenters. The van der Waals surface area contributed by atoms with E-state index in [1.54, 1.807) is 19.2 Å². The molecule has 2 heterocycles. The minimum Gasteiger partial charge on any atom is -0.396 e. The van der Waals surface area contributed by atoms with Crippen LogP contribution in [-0.4, -0.2) is 30.2 Å². The van der Waals surface area contributed by atoms with Gasteiger partial charge in [0.25, 0.3) is 0 Å². The summed E-state index contributed by atoms with van der Waals surface area (Å²) in [5, 5.41) is 6.52. The average Bonchev–Trinajstić information content (AvgIpc) is 2.75. The summed E-state index contributed by atoms with van der Waals surface area (Å²) in [7, 11) is 1.58. The first-order chi connectivity index (χ1) is 14.1. The fraction of sp³-hybridized carbons (Fsp3) is 0.238. The molecule has 0 atom stereocenters. The van der Waals surface area contributed by atoms with Crippen molar-refractivity contribution in [2.75, 3.05) is 47.8 Å². The number of aromatic nitrogens is 2. The van der Waals surface area contributed by atoms with Crippen molar-refractivity contribution in [2.45, 2.75) is 13.3 Å². The van der Waals surface area contributed by atoms with Crippen molar-refractivity contribution >= 4 is 28.8 Å². The quantitative estimate of drug-likeness (QED) is 0.277. The third-order valence-corrected chi connectivity index (χ3v) is 4.44. The predicted molar refractivity (Wildman–Crippen MR) is 120 cm³/mol. The Labute approximate surface area is 170 Å². The van der Waals surface area contributed by atoms with Gasteiger partial charge in [-0.2, -0.15) is 0 Å². The number of aryl methyl sites for hydroxylation is 1. The molecule has 0 aliphatic rings. The summed E-state index contributed by atoms with van der Waals surface area (Å²) in [6.45, 7) is 3.44. The monoisotopic (exact) mass is 393 g/mol. The van der Waals surface area contributed by atoms with E-state index in [1.165, 1.54) is 5.56 Å². The smallest absolute Gasteiger partial charge is 0.149 e. The number of hydrogen-bond acceptors (Lipinski definition) is 8. The first kappa shape index (κ1) is 20.2.